The molecular formula is C14H16BrNO2. The Labute approximate surface area is 115 Å². The summed E-state index contributed by atoms with van der Waals surface area (Å²) in [5.41, 5.74) is 3.18. The molecule has 4 heteroatoms. The summed E-state index contributed by atoms with van der Waals surface area (Å²) in [6.07, 6.45) is 4.96. The van der Waals surface area contributed by atoms with Crippen LogP contribution in [0.1, 0.15) is 35.2 Å². The van der Waals surface area contributed by atoms with Crippen molar-refractivity contribution in [3.63, 3.8) is 0 Å². The summed E-state index contributed by atoms with van der Waals surface area (Å²) < 4.78 is 5.80. The summed E-state index contributed by atoms with van der Waals surface area (Å²) in [5.74, 6) is -0.263. The zero-order valence-electron chi connectivity index (χ0n) is 10.4. The smallest absolute Gasteiger partial charge is 0.337 e. The van der Waals surface area contributed by atoms with Crippen LogP contribution in [-0.4, -0.2) is 25.7 Å². The van der Waals surface area contributed by atoms with Crippen LogP contribution in [0.3, 0.4) is 0 Å². The van der Waals surface area contributed by atoms with Crippen molar-refractivity contribution in [2.75, 3.05) is 18.6 Å². The Morgan fingerprint density at radius 1 is 1.44 bits per heavy atom. The molecular weight excluding hydrogens is 294 g/mol. The third-order valence-electron chi connectivity index (χ3n) is 3.99. The summed E-state index contributed by atoms with van der Waals surface area (Å²) >= 11 is 3.61. The molecule has 0 unspecified atom stereocenters. The number of fused-ring (bicyclic) bond motifs is 1. The molecule has 0 aromatic heterocycles. The van der Waals surface area contributed by atoms with Crippen molar-refractivity contribution in [3.05, 3.63) is 27.7 Å². The molecule has 3 nitrogen and oxygen atoms in total. The van der Waals surface area contributed by atoms with E-state index in [1.54, 1.807) is 0 Å². The molecule has 2 aliphatic rings. The Kier molecular flexibility index (Phi) is 3.06. The molecule has 1 aromatic rings. The molecule has 0 atom stereocenters. The molecule has 0 N–H and O–H groups in total. The van der Waals surface area contributed by atoms with E-state index in [1.165, 1.54) is 37.6 Å². The van der Waals surface area contributed by atoms with Gasteiger partial charge in [-0.05, 0) is 59.3 Å². The highest BCUT2D eigenvalue weighted by Gasteiger charge is 2.32. The lowest BCUT2D eigenvalue weighted by Gasteiger charge is -2.37. The third kappa shape index (κ3) is 1.83. The lowest BCUT2D eigenvalue weighted by Crippen LogP contribution is -2.39. The van der Waals surface area contributed by atoms with Crippen LogP contribution >= 0.6 is 15.9 Å². The van der Waals surface area contributed by atoms with Gasteiger partial charge in [-0.25, -0.2) is 4.79 Å². The molecule has 1 aliphatic carbocycles. The number of esters is 1. The maximum Gasteiger partial charge on any atom is 0.337 e. The van der Waals surface area contributed by atoms with Gasteiger partial charge < -0.3 is 9.64 Å². The number of nitrogens with zero attached hydrogens (tertiary/aromatic N) is 1. The van der Waals surface area contributed by atoms with Gasteiger partial charge in [-0.15, -0.1) is 0 Å². The summed E-state index contributed by atoms with van der Waals surface area (Å²) in [5, 5.41) is 0. The molecule has 0 amide bonds. The van der Waals surface area contributed by atoms with Crippen LogP contribution in [0.5, 0.6) is 0 Å². The van der Waals surface area contributed by atoms with E-state index in [9.17, 15) is 4.79 Å². The number of rotatable bonds is 2. The maximum atomic E-state index is 11.6. The van der Waals surface area contributed by atoms with Crippen molar-refractivity contribution in [2.24, 2.45) is 0 Å². The number of ether oxygens (including phenoxy) is 1. The van der Waals surface area contributed by atoms with Crippen LogP contribution in [0.15, 0.2) is 16.6 Å². The zero-order valence-corrected chi connectivity index (χ0v) is 12.0. The SMILES string of the molecule is COC(=O)c1cc(Br)c2c(c1)CCN2C1CCC1. The summed E-state index contributed by atoms with van der Waals surface area (Å²) in [4.78, 5) is 14.1. The van der Waals surface area contributed by atoms with Gasteiger partial charge in [0.05, 0.1) is 18.4 Å². The number of carbonyl (C=O) groups is 1. The first-order valence-corrected chi connectivity index (χ1v) is 7.17. The molecule has 1 saturated carbocycles. The molecule has 18 heavy (non-hydrogen) atoms. The molecule has 0 spiro atoms. The minimum Gasteiger partial charge on any atom is -0.465 e. The minimum atomic E-state index is -0.263. The fourth-order valence-corrected chi connectivity index (χ4v) is 3.55. The van der Waals surface area contributed by atoms with Crippen molar-refractivity contribution in [3.8, 4) is 0 Å². The van der Waals surface area contributed by atoms with Crippen molar-refractivity contribution in [1.82, 2.24) is 0 Å². The van der Waals surface area contributed by atoms with Gasteiger partial charge in [0, 0.05) is 17.1 Å². The molecule has 3 rings (SSSR count). The first kappa shape index (κ1) is 12.0. The minimum absolute atomic E-state index is 0.263. The monoisotopic (exact) mass is 309 g/mol. The van der Waals surface area contributed by atoms with Crippen LogP contribution in [0.25, 0.3) is 0 Å². The number of anilines is 1. The molecule has 1 heterocycles. The lowest BCUT2D eigenvalue weighted by atomic mass is 9.91. The number of carbonyl (C=O) groups excluding carboxylic acids is 1. The maximum absolute atomic E-state index is 11.6. The topological polar surface area (TPSA) is 29.5 Å². The molecule has 1 fully saturated rings. The Morgan fingerprint density at radius 3 is 2.83 bits per heavy atom. The standard InChI is InChI=1S/C14H16BrNO2/c1-18-14(17)10-7-9-5-6-16(11-3-2-4-11)13(9)12(15)8-10/h7-8,11H,2-6H2,1H3. The van der Waals surface area contributed by atoms with E-state index in [0.29, 0.717) is 11.6 Å². The van der Waals surface area contributed by atoms with E-state index in [-0.39, 0.29) is 5.97 Å². The van der Waals surface area contributed by atoms with Gasteiger partial charge in [0.15, 0.2) is 0 Å². The van der Waals surface area contributed by atoms with Gasteiger partial charge in [-0.1, -0.05) is 0 Å². The van der Waals surface area contributed by atoms with E-state index >= 15 is 0 Å². The van der Waals surface area contributed by atoms with Gasteiger partial charge in [-0.2, -0.15) is 0 Å². The van der Waals surface area contributed by atoms with Crippen LogP contribution in [0.2, 0.25) is 0 Å². The van der Waals surface area contributed by atoms with Gasteiger partial charge >= 0.3 is 5.97 Å². The van der Waals surface area contributed by atoms with Crippen molar-refractivity contribution in [1.29, 1.82) is 0 Å². The third-order valence-corrected chi connectivity index (χ3v) is 4.59. The predicted octanol–water partition coefficient (Wildman–Crippen LogP) is 3.15. The average Bonchev–Trinajstić information content (AvgIpc) is 2.70. The molecule has 1 aromatic carbocycles. The fourth-order valence-electron chi connectivity index (χ4n) is 2.82. The number of hydrogen-bond acceptors (Lipinski definition) is 3. The number of halogens is 1. The number of benzene rings is 1. The van der Waals surface area contributed by atoms with Crippen LogP contribution < -0.4 is 4.90 Å². The summed E-state index contributed by atoms with van der Waals surface area (Å²) in [6, 6.07) is 4.55. The Bertz CT molecular complexity index is 497. The summed E-state index contributed by atoms with van der Waals surface area (Å²) in [7, 11) is 1.42. The first-order valence-electron chi connectivity index (χ1n) is 6.38. The molecule has 0 saturated heterocycles. The second-order valence-corrected chi connectivity index (χ2v) is 5.84. The second kappa shape index (κ2) is 4.57. The Morgan fingerprint density at radius 2 is 2.22 bits per heavy atom. The average molecular weight is 310 g/mol. The first-order chi connectivity index (χ1) is 8.70. The Balaban J connectivity index is 1.97. The van der Waals surface area contributed by atoms with E-state index in [4.69, 9.17) is 4.74 Å². The van der Waals surface area contributed by atoms with E-state index in [1.807, 2.05) is 12.1 Å². The molecule has 96 valence electrons. The van der Waals surface area contributed by atoms with Gasteiger partial charge in [0.1, 0.15) is 0 Å². The highest BCUT2D eigenvalue weighted by atomic mass is 79.9. The molecule has 0 radical (unpaired) electrons. The number of methoxy groups -OCH3 is 1. The Hall–Kier alpha value is -1.03. The fraction of sp³-hybridized carbons (Fsp3) is 0.500. The highest BCUT2D eigenvalue weighted by Crippen LogP contribution is 2.41. The lowest BCUT2D eigenvalue weighted by molar-refractivity contribution is 0.0600. The quantitative estimate of drug-likeness (QED) is 0.786. The van der Waals surface area contributed by atoms with Crippen LogP contribution in [-0.2, 0) is 11.2 Å². The van der Waals surface area contributed by atoms with Crippen LogP contribution in [0.4, 0.5) is 5.69 Å². The predicted molar refractivity (Wildman–Crippen MR) is 74.2 cm³/mol. The van der Waals surface area contributed by atoms with Crippen molar-refractivity contribution >= 4 is 27.6 Å². The normalized spacial score (nSPS) is 18.4. The molecule has 1 aliphatic heterocycles. The van der Waals surface area contributed by atoms with Gasteiger partial charge in [-0.3, -0.25) is 0 Å². The molecule has 0 bridgehead atoms. The van der Waals surface area contributed by atoms with Gasteiger partial charge in [0.2, 0.25) is 0 Å². The van der Waals surface area contributed by atoms with E-state index in [0.717, 1.165) is 17.4 Å². The number of hydrogen-bond donors (Lipinski definition) is 0. The largest absolute Gasteiger partial charge is 0.465 e. The summed E-state index contributed by atoms with van der Waals surface area (Å²) in [6.45, 7) is 1.07. The zero-order chi connectivity index (χ0) is 12.7. The van der Waals surface area contributed by atoms with Crippen LogP contribution in [0, 0.1) is 0 Å². The van der Waals surface area contributed by atoms with E-state index < -0.39 is 0 Å². The van der Waals surface area contributed by atoms with Crippen molar-refractivity contribution < 1.29 is 9.53 Å². The highest BCUT2D eigenvalue weighted by molar-refractivity contribution is 9.10. The van der Waals surface area contributed by atoms with Gasteiger partial charge in [0.25, 0.3) is 0 Å². The van der Waals surface area contributed by atoms with E-state index in [2.05, 4.69) is 20.8 Å². The van der Waals surface area contributed by atoms with Crippen molar-refractivity contribution in [2.45, 2.75) is 31.7 Å². The second-order valence-electron chi connectivity index (χ2n) is 4.99.